The molecule has 20 heavy (non-hydrogen) atoms. The minimum atomic E-state index is -0.0116. The Hall–Kier alpha value is -1.10. The molecule has 0 saturated carbocycles. The molecule has 1 saturated heterocycles. The Labute approximate surface area is 121 Å². The molecule has 0 amide bonds. The van der Waals surface area contributed by atoms with Gasteiger partial charge in [0.2, 0.25) is 0 Å². The van der Waals surface area contributed by atoms with Crippen molar-refractivity contribution in [2.24, 2.45) is 5.73 Å². The molecule has 4 nitrogen and oxygen atoms in total. The van der Waals surface area contributed by atoms with Crippen molar-refractivity contribution in [3.05, 3.63) is 29.8 Å². The van der Waals surface area contributed by atoms with Gasteiger partial charge in [0.25, 0.3) is 0 Å². The highest BCUT2D eigenvalue weighted by atomic mass is 16.5. The first kappa shape index (κ1) is 15.3. The van der Waals surface area contributed by atoms with Crippen LogP contribution >= 0.6 is 0 Å². The number of rotatable bonds is 5. The molecule has 1 aromatic rings. The SMILES string of the molecule is COc1ccc(CC(C)(CN)N2CCCOCC2)cc1. The van der Waals surface area contributed by atoms with Crippen LogP contribution in [0.4, 0.5) is 0 Å². The normalized spacial score (nSPS) is 20.1. The predicted molar refractivity (Wildman–Crippen MR) is 81.2 cm³/mol. The lowest BCUT2D eigenvalue weighted by Crippen LogP contribution is -2.54. The van der Waals surface area contributed by atoms with Crippen molar-refractivity contribution in [2.75, 3.05) is 40.0 Å². The minimum absolute atomic E-state index is 0.0116. The van der Waals surface area contributed by atoms with E-state index in [9.17, 15) is 0 Å². The van der Waals surface area contributed by atoms with Gasteiger partial charge in [0, 0.05) is 31.8 Å². The fourth-order valence-corrected chi connectivity index (χ4v) is 2.78. The zero-order valence-corrected chi connectivity index (χ0v) is 12.6. The largest absolute Gasteiger partial charge is 0.497 e. The van der Waals surface area contributed by atoms with E-state index in [0.717, 1.165) is 44.9 Å². The summed E-state index contributed by atoms with van der Waals surface area (Å²) < 4.78 is 10.8. The van der Waals surface area contributed by atoms with Crippen LogP contribution in [0.15, 0.2) is 24.3 Å². The van der Waals surface area contributed by atoms with Crippen molar-refractivity contribution < 1.29 is 9.47 Å². The molecule has 112 valence electrons. The molecule has 1 aromatic carbocycles. The summed E-state index contributed by atoms with van der Waals surface area (Å²) in [5, 5.41) is 0. The van der Waals surface area contributed by atoms with E-state index in [4.69, 9.17) is 15.2 Å². The van der Waals surface area contributed by atoms with E-state index in [-0.39, 0.29) is 5.54 Å². The molecule has 1 aliphatic heterocycles. The Kier molecular flexibility index (Phi) is 5.40. The summed E-state index contributed by atoms with van der Waals surface area (Å²) in [6.07, 6.45) is 2.03. The highest BCUT2D eigenvalue weighted by Crippen LogP contribution is 2.23. The van der Waals surface area contributed by atoms with Crippen LogP contribution in [0, 0.1) is 0 Å². The third-order valence-corrected chi connectivity index (χ3v) is 4.17. The highest BCUT2D eigenvalue weighted by Gasteiger charge is 2.31. The highest BCUT2D eigenvalue weighted by molar-refractivity contribution is 5.28. The first-order valence-electron chi connectivity index (χ1n) is 7.34. The Bertz CT molecular complexity index is 399. The summed E-state index contributed by atoms with van der Waals surface area (Å²) in [4.78, 5) is 2.48. The molecular weight excluding hydrogens is 252 g/mol. The third-order valence-electron chi connectivity index (χ3n) is 4.17. The average Bonchev–Trinajstić information content (AvgIpc) is 2.77. The van der Waals surface area contributed by atoms with E-state index in [1.54, 1.807) is 7.11 Å². The monoisotopic (exact) mass is 278 g/mol. The van der Waals surface area contributed by atoms with Crippen LogP contribution in [-0.2, 0) is 11.2 Å². The Morgan fingerprint density at radius 1 is 1.25 bits per heavy atom. The summed E-state index contributed by atoms with van der Waals surface area (Å²) in [6, 6.07) is 8.28. The van der Waals surface area contributed by atoms with Gasteiger partial charge in [0.15, 0.2) is 0 Å². The molecular formula is C16H26N2O2. The van der Waals surface area contributed by atoms with E-state index in [2.05, 4.69) is 24.0 Å². The molecule has 2 N–H and O–H groups in total. The van der Waals surface area contributed by atoms with Gasteiger partial charge in [-0.2, -0.15) is 0 Å². The van der Waals surface area contributed by atoms with Gasteiger partial charge in [-0.05, 0) is 37.5 Å². The van der Waals surface area contributed by atoms with Crippen LogP contribution < -0.4 is 10.5 Å². The van der Waals surface area contributed by atoms with Crippen molar-refractivity contribution in [3.63, 3.8) is 0 Å². The van der Waals surface area contributed by atoms with Crippen LogP contribution in [0.5, 0.6) is 5.75 Å². The second-order valence-electron chi connectivity index (χ2n) is 5.68. The first-order chi connectivity index (χ1) is 9.68. The van der Waals surface area contributed by atoms with Gasteiger partial charge in [-0.25, -0.2) is 0 Å². The predicted octanol–water partition coefficient (Wildman–Crippen LogP) is 1.68. The van der Waals surface area contributed by atoms with Gasteiger partial charge < -0.3 is 15.2 Å². The van der Waals surface area contributed by atoms with E-state index in [1.807, 2.05) is 12.1 Å². The second-order valence-corrected chi connectivity index (χ2v) is 5.68. The van der Waals surface area contributed by atoms with E-state index in [0.29, 0.717) is 6.54 Å². The minimum Gasteiger partial charge on any atom is -0.497 e. The van der Waals surface area contributed by atoms with Crippen molar-refractivity contribution in [2.45, 2.75) is 25.3 Å². The number of benzene rings is 1. The molecule has 0 aromatic heterocycles. The standard InChI is InChI=1S/C16H26N2O2/c1-16(13-17,18-8-3-10-20-11-9-18)12-14-4-6-15(19-2)7-5-14/h4-7H,3,8-13,17H2,1-2H3. The van der Waals surface area contributed by atoms with Gasteiger partial charge >= 0.3 is 0 Å². The summed E-state index contributed by atoms with van der Waals surface area (Å²) >= 11 is 0. The zero-order valence-electron chi connectivity index (χ0n) is 12.6. The van der Waals surface area contributed by atoms with E-state index < -0.39 is 0 Å². The van der Waals surface area contributed by atoms with Crippen LogP contribution in [0.3, 0.4) is 0 Å². The number of methoxy groups -OCH3 is 1. The van der Waals surface area contributed by atoms with E-state index in [1.165, 1.54) is 5.56 Å². The lowest BCUT2D eigenvalue weighted by atomic mass is 9.90. The molecule has 4 heteroatoms. The fraction of sp³-hybridized carbons (Fsp3) is 0.625. The summed E-state index contributed by atoms with van der Waals surface area (Å²) in [5.74, 6) is 0.895. The molecule has 2 rings (SSSR count). The summed E-state index contributed by atoms with van der Waals surface area (Å²) in [5.41, 5.74) is 7.37. The zero-order chi connectivity index (χ0) is 14.4. The first-order valence-corrected chi connectivity index (χ1v) is 7.34. The number of ether oxygens (including phenoxy) is 2. The van der Waals surface area contributed by atoms with Gasteiger partial charge in [0.05, 0.1) is 13.7 Å². The second kappa shape index (κ2) is 7.07. The van der Waals surface area contributed by atoms with Crippen molar-refractivity contribution in [3.8, 4) is 5.75 Å². The summed E-state index contributed by atoms with van der Waals surface area (Å²) in [6.45, 7) is 6.59. The van der Waals surface area contributed by atoms with Gasteiger partial charge in [-0.3, -0.25) is 4.90 Å². The van der Waals surface area contributed by atoms with Crippen LogP contribution in [-0.4, -0.2) is 50.4 Å². The maximum absolute atomic E-state index is 6.09. The third kappa shape index (κ3) is 3.72. The Morgan fingerprint density at radius 3 is 2.65 bits per heavy atom. The Balaban J connectivity index is 2.08. The molecule has 0 aliphatic carbocycles. The molecule has 1 heterocycles. The summed E-state index contributed by atoms with van der Waals surface area (Å²) in [7, 11) is 1.69. The van der Waals surface area contributed by atoms with E-state index >= 15 is 0 Å². The lowest BCUT2D eigenvalue weighted by molar-refractivity contribution is 0.0939. The number of nitrogens with zero attached hydrogens (tertiary/aromatic N) is 1. The molecule has 1 atom stereocenters. The number of hydrogen-bond donors (Lipinski definition) is 1. The maximum Gasteiger partial charge on any atom is 0.118 e. The molecule has 0 spiro atoms. The van der Waals surface area contributed by atoms with Gasteiger partial charge in [0.1, 0.15) is 5.75 Å². The average molecular weight is 278 g/mol. The topological polar surface area (TPSA) is 47.7 Å². The van der Waals surface area contributed by atoms with Crippen LogP contribution in [0.25, 0.3) is 0 Å². The van der Waals surface area contributed by atoms with Gasteiger partial charge in [-0.1, -0.05) is 12.1 Å². The van der Waals surface area contributed by atoms with Crippen molar-refractivity contribution in [1.29, 1.82) is 0 Å². The molecule has 0 radical (unpaired) electrons. The maximum atomic E-state index is 6.09. The fourth-order valence-electron chi connectivity index (χ4n) is 2.78. The van der Waals surface area contributed by atoms with Crippen LogP contribution in [0.1, 0.15) is 18.9 Å². The number of hydrogen-bond acceptors (Lipinski definition) is 4. The molecule has 1 aliphatic rings. The molecule has 1 unspecified atom stereocenters. The lowest BCUT2D eigenvalue weighted by Gasteiger charge is -2.40. The van der Waals surface area contributed by atoms with Crippen molar-refractivity contribution >= 4 is 0 Å². The smallest absolute Gasteiger partial charge is 0.118 e. The quantitative estimate of drug-likeness (QED) is 0.890. The number of nitrogens with two attached hydrogens (primary N) is 1. The molecule has 0 bridgehead atoms. The Morgan fingerprint density at radius 2 is 2.00 bits per heavy atom. The van der Waals surface area contributed by atoms with Crippen molar-refractivity contribution in [1.82, 2.24) is 4.90 Å². The van der Waals surface area contributed by atoms with Crippen LogP contribution in [0.2, 0.25) is 0 Å². The molecule has 1 fully saturated rings. The van der Waals surface area contributed by atoms with Gasteiger partial charge in [-0.15, -0.1) is 0 Å².